The van der Waals surface area contributed by atoms with Crippen molar-refractivity contribution in [2.75, 3.05) is 7.05 Å². The minimum absolute atomic E-state index is 0.897. The molecule has 0 fully saturated rings. The standard InChI is InChI=1S/C8H14N2S/c1-3-4-7-6-11-8(10-7)5-9-2/h6,9H,3-5H2,1-2H3. The molecule has 1 heterocycles. The van der Waals surface area contributed by atoms with Crippen molar-refractivity contribution in [2.24, 2.45) is 0 Å². The molecule has 0 spiro atoms. The Morgan fingerprint density at radius 1 is 1.64 bits per heavy atom. The lowest BCUT2D eigenvalue weighted by molar-refractivity contribution is 0.796. The van der Waals surface area contributed by atoms with E-state index in [1.165, 1.54) is 17.1 Å². The van der Waals surface area contributed by atoms with Gasteiger partial charge in [-0.1, -0.05) is 13.3 Å². The molecule has 62 valence electrons. The van der Waals surface area contributed by atoms with Crippen molar-refractivity contribution < 1.29 is 0 Å². The predicted molar refractivity (Wildman–Crippen MR) is 48.9 cm³/mol. The zero-order valence-corrected chi connectivity index (χ0v) is 7.87. The second-order valence-electron chi connectivity index (χ2n) is 2.51. The summed E-state index contributed by atoms with van der Waals surface area (Å²) in [6, 6.07) is 0. The van der Waals surface area contributed by atoms with E-state index in [0.29, 0.717) is 0 Å². The Kier molecular flexibility index (Phi) is 3.52. The minimum Gasteiger partial charge on any atom is -0.314 e. The Morgan fingerprint density at radius 3 is 3.09 bits per heavy atom. The summed E-state index contributed by atoms with van der Waals surface area (Å²) < 4.78 is 0. The molecule has 0 saturated heterocycles. The number of aromatic nitrogens is 1. The minimum atomic E-state index is 0.897. The maximum atomic E-state index is 4.45. The summed E-state index contributed by atoms with van der Waals surface area (Å²) >= 11 is 1.74. The normalized spacial score (nSPS) is 10.4. The fourth-order valence-corrected chi connectivity index (χ4v) is 1.79. The molecule has 1 aromatic heterocycles. The molecule has 0 aliphatic heterocycles. The molecule has 0 bridgehead atoms. The first kappa shape index (κ1) is 8.68. The molecule has 2 nitrogen and oxygen atoms in total. The van der Waals surface area contributed by atoms with E-state index >= 15 is 0 Å². The smallest absolute Gasteiger partial charge is 0.107 e. The Hall–Kier alpha value is -0.410. The lowest BCUT2D eigenvalue weighted by atomic mass is 10.3. The van der Waals surface area contributed by atoms with Crippen LogP contribution in [-0.4, -0.2) is 12.0 Å². The Morgan fingerprint density at radius 2 is 2.45 bits per heavy atom. The van der Waals surface area contributed by atoms with E-state index in [9.17, 15) is 0 Å². The summed E-state index contributed by atoms with van der Waals surface area (Å²) in [6.45, 7) is 3.07. The van der Waals surface area contributed by atoms with Gasteiger partial charge < -0.3 is 5.32 Å². The summed E-state index contributed by atoms with van der Waals surface area (Å²) in [4.78, 5) is 4.45. The molecule has 0 aliphatic carbocycles. The van der Waals surface area contributed by atoms with E-state index in [4.69, 9.17) is 0 Å². The summed E-state index contributed by atoms with van der Waals surface area (Å²) in [6.07, 6.45) is 2.29. The van der Waals surface area contributed by atoms with E-state index in [1.807, 2.05) is 7.05 Å². The van der Waals surface area contributed by atoms with Crippen LogP contribution in [0.25, 0.3) is 0 Å². The highest BCUT2D eigenvalue weighted by atomic mass is 32.1. The van der Waals surface area contributed by atoms with Gasteiger partial charge in [-0.2, -0.15) is 0 Å². The van der Waals surface area contributed by atoms with Crippen LogP contribution in [0, 0.1) is 0 Å². The number of thiazole rings is 1. The van der Waals surface area contributed by atoms with Crippen molar-refractivity contribution in [2.45, 2.75) is 26.3 Å². The molecular weight excluding hydrogens is 156 g/mol. The quantitative estimate of drug-likeness (QED) is 0.745. The molecule has 0 radical (unpaired) electrons. The molecule has 3 heteroatoms. The van der Waals surface area contributed by atoms with Crippen molar-refractivity contribution in [3.8, 4) is 0 Å². The monoisotopic (exact) mass is 170 g/mol. The summed E-state index contributed by atoms with van der Waals surface area (Å²) in [5, 5.41) is 6.43. The van der Waals surface area contributed by atoms with Gasteiger partial charge in [0.25, 0.3) is 0 Å². The zero-order chi connectivity index (χ0) is 8.10. The third-order valence-electron chi connectivity index (χ3n) is 1.43. The molecule has 11 heavy (non-hydrogen) atoms. The van der Waals surface area contributed by atoms with Crippen LogP contribution in [-0.2, 0) is 13.0 Å². The first-order chi connectivity index (χ1) is 5.36. The third kappa shape index (κ3) is 2.60. The molecule has 0 unspecified atom stereocenters. The molecule has 1 aromatic rings. The van der Waals surface area contributed by atoms with Gasteiger partial charge in [-0.05, 0) is 13.5 Å². The molecule has 1 N–H and O–H groups in total. The van der Waals surface area contributed by atoms with Crippen LogP contribution in [0.5, 0.6) is 0 Å². The SMILES string of the molecule is CCCc1csc(CNC)n1. The largest absolute Gasteiger partial charge is 0.314 e. The fraction of sp³-hybridized carbons (Fsp3) is 0.625. The third-order valence-corrected chi connectivity index (χ3v) is 2.33. The van der Waals surface area contributed by atoms with Crippen molar-refractivity contribution in [1.82, 2.24) is 10.3 Å². The molecular formula is C8H14N2S. The maximum Gasteiger partial charge on any atom is 0.107 e. The summed E-state index contributed by atoms with van der Waals surface area (Å²) in [5.74, 6) is 0. The van der Waals surface area contributed by atoms with Gasteiger partial charge in [-0.3, -0.25) is 0 Å². The highest BCUT2D eigenvalue weighted by molar-refractivity contribution is 7.09. The van der Waals surface area contributed by atoms with E-state index in [1.54, 1.807) is 11.3 Å². The molecule has 0 aliphatic rings. The summed E-state index contributed by atoms with van der Waals surface area (Å²) in [7, 11) is 1.95. The Balaban J connectivity index is 2.51. The number of aryl methyl sites for hydroxylation is 1. The molecule has 0 saturated carbocycles. The first-order valence-electron chi connectivity index (χ1n) is 3.94. The highest BCUT2D eigenvalue weighted by Crippen LogP contribution is 2.10. The highest BCUT2D eigenvalue weighted by Gasteiger charge is 1.98. The molecule has 0 amide bonds. The van der Waals surface area contributed by atoms with Gasteiger partial charge in [-0.15, -0.1) is 11.3 Å². The van der Waals surface area contributed by atoms with Crippen molar-refractivity contribution >= 4 is 11.3 Å². The number of rotatable bonds is 4. The average molecular weight is 170 g/mol. The van der Waals surface area contributed by atoms with Crippen LogP contribution >= 0.6 is 11.3 Å². The van der Waals surface area contributed by atoms with E-state index in [0.717, 1.165) is 13.0 Å². The van der Waals surface area contributed by atoms with Crippen LogP contribution in [0.1, 0.15) is 24.0 Å². The second-order valence-corrected chi connectivity index (χ2v) is 3.46. The van der Waals surface area contributed by atoms with Gasteiger partial charge >= 0.3 is 0 Å². The number of hydrogen-bond acceptors (Lipinski definition) is 3. The van der Waals surface area contributed by atoms with E-state index in [2.05, 4.69) is 22.6 Å². The number of hydrogen-bond donors (Lipinski definition) is 1. The van der Waals surface area contributed by atoms with Crippen molar-refractivity contribution in [1.29, 1.82) is 0 Å². The van der Waals surface area contributed by atoms with Crippen molar-refractivity contribution in [3.05, 3.63) is 16.1 Å². The average Bonchev–Trinajstić information content (AvgIpc) is 2.38. The summed E-state index contributed by atoms with van der Waals surface area (Å²) in [5.41, 5.74) is 1.24. The second kappa shape index (κ2) is 4.46. The van der Waals surface area contributed by atoms with Crippen LogP contribution in [0.2, 0.25) is 0 Å². The molecule has 1 rings (SSSR count). The Bertz CT molecular complexity index is 187. The van der Waals surface area contributed by atoms with Gasteiger partial charge in [0.2, 0.25) is 0 Å². The topological polar surface area (TPSA) is 24.9 Å². The molecule has 0 aromatic carbocycles. The fourth-order valence-electron chi connectivity index (χ4n) is 0.952. The van der Waals surface area contributed by atoms with Crippen LogP contribution in [0.4, 0.5) is 0 Å². The van der Waals surface area contributed by atoms with Gasteiger partial charge in [0, 0.05) is 11.9 Å². The lowest BCUT2D eigenvalue weighted by Crippen LogP contribution is -2.04. The van der Waals surface area contributed by atoms with Crippen molar-refractivity contribution in [3.63, 3.8) is 0 Å². The Labute approximate surface area is 71.7 Å². The first-order valence-corrected chi connectivity index (χ1v) is 4.82. The number of nitrogens with zero attached hydrogens (tertiary/aromatic N) is 1. The van der Waals surface area contributed by atoms with Crippen LogP contribution in [0.3, 0.4) is 0 Å². The van der Waals surface area contributed by atoms with Gasteiger partial charge in [0.1, 0.15) is 5.01 Å². The van der Waals surface area contributed by atoms with E-state index in [-0.39, 0.29) is 0 Å². The predicted octanol–water partition coefficient (Wildman–Crippen LogP) is 1.81. The van der Waals surface area contributed by atoms with Gasteiger partial charge in [0.05, 0.1) is 5.69 Å². The van der Waals surface area contributed by atoms with E-state index < -0.39 is 0 Å². The lowest BCUT2D eigenvalue weighted by Gasteiger charge is -1.91. The maximum absolute atomic E-state index is 4.45. The zero-order valence-electron chi connectivity index (χ0n) is 7.05. The molecule has 0 atom stereocenters. The number of nitrogens with one attached hydrogen (secondary N) is 1. The van der Waals surface area contributed by atoms with Crippen LogP contribution < -0.4 is 5.32 Å². The van der Waals surface area contributed by atoms with Gasteiger partial charge in [-0.25, -0.2) is 4.98 Å². The van der Waals surface area contributed by atoms with Gasteiger partial charge in [0.15, 0.2) is 0 Å². The van der Waals surface area contributed by atoms with Crippen LogP contribution in [0.15, 0.2) is 5.38 Å².